The van der Waals surface area contributed by atoms with Crippen LogP contribution in [0.3, 0.4) is 0 Å². The molecule has 0 N–H and O–H groups in total. The van der Waals surface area contributed by atoms with Gasteiger partial charge in [-0.05, 0) is 32.8 Å². The van der Waals surface area contributed by atoms with Crippen LogP contribution < -0.4 is 0 Å². The molecular formula is C21H23N3O3. The number of carbonyl (C=O) groups is 1. The molecule has 0 bridgehead atoms. The van der Waals surface area contributed by atoms with Crippen molar-refractivity contribution in [3.05, 3.63) is 47.7 Å². The minimum Gasteiger partial charge on any atom is -0.377 e. The summed E-state index contributed by atoms with van der Waals surface area (Å²) in [6, 6.07) is 11.6. The first-order valence-corrected chi connectivity index (χ1v) is 9.40. The highest BCUT2D eigenvalue weighted by atomic mass is 16.5. The maximum Gasteiger partial charge on any atom is 0.259 e. The zero-order valence-electron chi connectivity index (χ0n) is 15.6. The van der Waals surface area contributed by atoms with Gasteiger partial charge in [-0.1, -0.05) is 35.5 Å². The summed E-state index contributed by atoms with van der Waals surface area (Å²) in [5.41, 5.74) is 3.32. The number of ether oxygens (including phenoxy) is 1. The average molecular weight is 365 g/mol. The van der Waals surface area contributed by atoms with E-state index in [0.29, 0.717) is 41.2 Å². The molecule has 1 amide bonds. The highest BCUT2D eigenvalue weighted by Crippen LogP contribution is 2.28. The lowest BCUT2D eigenvalue weighted by Crippen LogP contribution is -2.43. The normalized spacial score (nSPS) is 17.4. The minimum atomic E-state index is -0.0183. The molecule has 140 valence electrons. The van der Waals surface area contributed by atoms with Crippen LogP contribution in [0.25, 0.3) is 22.4 Å². The SMILES string of the molecule is CCOC1CCCN(C(=O)c2cc(-c3ccccc3)nc3onc(C)c23)C1. The topological polar surface area (TPSA) is 68.5 Å². The van der Waals surface area contributed by atoms with E-state index in [9.17, 15) is 4.79 Å². The molecule has 1 aliphatic heterocycles. The zero-order chi connectivity index (χ0) is 18.8. The lowest BCUT2D eigenvalue weighted by atomic mass is 10.0. The van der Waals surface area contributed by atoms with Crippen molar-refractivity contribution < 1.29 is 14.1 Å². The van der Waals surface area contributed by atoms with Crippen LogP contribution in [0.5, 0.6) is 0 Å². The Balaban J connectivity index is 1.75. The Morgan fingerprint density at radius 1 is 1.33 bits per heavy atom. The Hall–Kier alpha value is -2.73. The van der Waals surface area contributed by atoms with E-state index in [-0.39, 0.29) is 12.0 Å². The fraction of sp³-hybridized carbons (Fsp3) is 0.381. The summed E-state index contributed by atoms with van der Waals surface area (Å²) in [6.45, 7) is 5.83. The monoisotopic (exact) mass is 365 g/mol. The van der Waals surface area contributed by atoms with Crippen LogP contribution in [0.15, 0.2) is 40.9 Å². The van der Waals surface area contributed by atoms with Crippen LogP contribution in [0.2, 0.25) is 0 Å². The number of fused-ring (bicyclic) bond motifs is 1. The van der Waals surface area contributed by atoms with Crippen molar-refractivity contribution in [3.8, 4) is 11.3 Å². The smallest absolute Gasteiger partial charge is 0.259 e. The van der Waals surface area contributed by atoms with Gasteiger partial charge in [0, 0.05) is 25.3 Å². The highest BCUT2D eigenvalue weighted by molar-refractivity contribution is 6.07. The second-order valence-corrected chi connectivity index (χ2v) is 6.84. The molecule has 3 heterocycles. The van der Waals surface area contributed by atoms with Crippen molar-refractivity contribution in [1.82, 2.24) is 15.0 Å². The Labute approximate surface area is 158 Å². The van der Waals surface area contributed by atoms with Gasteiger partial charge in [0.2, 0.25) is 0 Å². The van der Waals surface area contributed by atoms with E-state index in [2.05, 4.69) is 10.1 Å². The van der Waals surface area contributed by atoms with Crippen LogP contribution in [0.4, 0.5) is 0 Å². The Kier molecular flexibility index (Phi) is 4.90. The number of aryl methyl sites for hydroxylation is 1. The van der Waals surface area contributed by atoms with Crippen LogP contribution in [0.1, 0.15) is 35.8 Å². The summed E-state index contributed by atoms with van der Waals surface area (Å²) in [6.07, 6.45) is 2.03. The van der Waals surface area contributed by atoms with Gasteiger partial charge < -0.3 is 14.2 Å². The summed E-state index contributed by atoms with van der Waals surface area (Å²) < 4.78 is 11.1. The van der Waals surface area contributed by atoms with Crippen molar-refractivity contribution in [1.29, 1.82) is 0 Å². The van der Waals surface area contributed by atoms with Crippen molar-refractivity contribution in [2.45, 2.75) is 32.8 Å². The Bertz CT molecular complexity index is 950. The molecular weight excluding hydrogens is 342 g/mol. The second kappa shape index (κ2) is 7.48. The van der Waals surface area contributed by atoms with Crippen LogP contribution in [-0.2, 0) is 4.74 Å². The minimum absolute atomic E-state index is 0.0183. The maximum atomic E-state index is 13.4. The first kappa shape index (κ1) is 17.7. The van der Waals surface area contributed by atoms with Gasteiger partial charge in [-0.2, -0.15) is 0 Å². The van der Waals surface area contributed by atoms with E-state index >= 15 is 0 Å². The number of pyridine rings is 1. The molecule has 6 nitrogen and oxygen atoms in total. The summed E-state index contributed by atoms with van der Waals surface area (Å²) in [4.78, 5) is 19.8. The number of carbonyl (C=O) groups excluding carboxylic acids is 1. The highest BCUT2D eigenvalue weighted by Gasteiger charge is 2.28. The van der Waals surface area contributed by atoms with Gasteiger partial charge in [0.1, 0.15) is 0 Å². The van der Waals surface area contributed by atoms with E-state index < -0.39 is 0 Å². The molecule has 0 saturated carbocycles. The van der Waals surface area contributed by atoms with E-state index in [1.54, 1.807) is 0 Å². The standard InChI is InChI=1S/C21H23N3O3/c1-3-26-16-10-7-11-24(13-16)21(25)17-12-18(15-8-5-4-6-9-15)22-20-19(17)14(2)23-27-20/h4-6,8-9,12,16H,3,7,10-11,13H2,1-2H3. The number of aromatic nitrogens is 2. The Morgan fingerprint density at radius 2 is 2.15 bits per heavy atom. The van der Waals surface area contributed by atoms with E-state index in [1.807, 2.05) is 55.1 Å². The molecule has 0 spiro atoms. The molecule has 0 aliphatic carbocycles. The molecule has 3 aromatic rings. The first-order chi connectivity index (χ1) is 13.2. The molecule has 1 unspecified atom stereocenters. The Morgan fingerprint density at radius 3 is 2.93 bits per heavy atom. The number of rotatable bonds is 4. The van der Waals surface area contributed by atoms with Gasteiger partial charge >= 0.3 is 0 Å². The molecule has 1 atom stereocenters. The number of piperidine rings is 1. The van der Waals surface area contributed by atoms with Gasteiger partial charge in [0.05, 0.1) is 28.4 Å². The summed E-state index contributed by atoms with van der Waals surface area (Å²) in [5.74, 6) is -0.0183. The quantitative estimate of drug-likeness (QED) is 0.703. The fourth-order valence-electron chi connectivity index (χ4n) is 3.68. The van der Waals surface area contributed by atoms with E-state index in [4.69, 9.17) is 9.26 Å². The third-order valence-corrected chi connectivity index (χ3v) is 4.98. The van der Waals surface area contributed by atoms with Crippen molar-refractivity contribution in [2.24, 2.45) is 0 Å². The number of likely N-dealkylation sites (tertiary alicyclic amines) is 1. The van der Waals surface area contributed by atoms with Gasteiger partial charge in [-0.15, -0.1) is 0 Å². The van der Waals surface area contributed by atoms with Gasteiger partial charge in [-0.3, -0.25) is 4.79 Å². The van der Waals surface area contributed by atoms with Gasteiger partial charge in [0.15, 0.2) is 0 Å². The molecule has 6 heteroatoms. The molecule has 2 aromatic heterocycles. The van der Waals surface area contributed by atoms with Crippen molar-refractivity contribution in [3.63, 3.8) is 0 Å². The third-order valence-electron chi connectivity index (χ3n) is 4.98. The molecule has 1 fully saturated rings. The maximum absolute atomic E-state index is 13.4. The first-order valence-electron chi connectivity index (χ1n) is 9.40. The largest absolute Gasteiger partial charge is 0.377 e. The molecule has 1 aliphatic rings. The molecule has 0 radical (unpaired) electrons. The van der Waals surface area contributed by atoms with E-state index in [1.165, 1.54) is 0 Å². The lowest BCUT2D eigenvalue weighted by molar-refractivity contribution is 0.00731. The molecule has 27 heavy (non-hydrogen) atoms. The fourth-order valence-corrected chi connectivity index (χ4v) is 3.68. The van der Waals surface area contributed by atoms with Gasteiger partial charge in [-0.25, -0.2) is 4.98 Å². The number of hydrogen-bond acceptors (Lipinski definition) is 5. The number of hydrogen-bond donors (Lipinski definition) is 0. The number of amides is 1. The van der Waals surface area contributed by atoms with E-state index in [0.717, 1.165) is 24.9 Å². The van der Waals surface area contributed by atoms with Crippen LogP contribution in [0, 0.1) is 6.92 Å². The zero-order valence-corrected chi connectivity index (χ0v) is 15.6. The predicted octanol–water partition coefficient (Wildman–Crippen LogP) is 3.84. The van der Waals surface area contributed by atoms with Gasteiger partial charge in [0.25, 0.3) is 11.6 Å². The molecule has 1 saturated heterocycles. The van der Waals surface area contributed by atoms with Crippen LogP contribution >= 0.6 is 0 Å². The van der Waals surface area contributed by atoms with Crippen molar-refractivity contribution >= 4 is 17.0 Å². The number of nitrogens with zero attached hydrogens (tertiary/aromatic N) is 3. The summed E-state index contributed by atoms with van der Waals surface area (Å²) in [5, 5.41) is 4.72. The van der Waals surface area contributed by atoms with Crippen LogP contribution in [-0.4, -0.2) is 46.7 Å². The summed E-state index contributed by atoms with van der Waals surface area (Å²) in [7, 11) is 0. The number of benzene rings is 1. The third kappa shape index (κ3) is 3.45. The molecule has 4 rings (SSSR count). The average Bonchev–Trinajstić information content (AvgIpc) is 3.09. The lowest BCUT2D eigenvalue weighted by Gasteiger charge is -2.32. The molecule has 1 aromatic carbocycles. The summed E-state index contributed by atoms with van der Waals surface area (Å²) >= 11 is 0. The second-order valence-electron chi connectivity index (χ2n) is 6.84. The predicted molar refractivity (Wildman–Crippen MR) is 103 cm³/mol. The van der Waals surface area contributed by atoms with Crippen molar-refractivity contribution in [2.75, 3.05) is 19.7 Å².